The minimum absolute atomic E-state index is 0.0334. The standard InChI is InChI=1S/C27H33N3O3Si/c1-27(2,3)34(23-15-9-5-10-16-23,24-17-11-6-12-18-24)33-21-26(31)25(29-30-28)20-32-19-22-13-7-4-8-14-22/h4-18,25-26,31H,19-21H2,1-3H3/t25-,26-/m1/s1. The van der Waals surface area contributed by atoms with E-state index in [0.29, 0.717) is 6.61 Å². The molecule has 0 aliphatic rings. The topological polar surface area (TPSA) is 87.5 Å². The van der Waals surface area contributed by atoms with Gasteiger partial charge in [-0.15, -0.1) is 0 Å². The highest BCUT2D eigenvalue weighted by molar-refractivity contribution is 6.99. The Morgan fingerprint density at radius 1 is 0.853 bits per heavy atom. The summed E-state index contributed by atoms with van der Waals surface area (Å²) >= 11 is 0. The number of benzene rings is 3. The summed E-state index contributed by atoms with van der Waals surface area (Å²) in [5.74, 6) is 0. The van der Waals surface area contributed by atoms with Gasteiger partial charge in [-0.2, -0.15) is 0 Å². The van der Waals surface area contributed by atoms with Gasteiger partial charge in [-0.3, -0.25) is 0 Å². The molecule has 0 bridgehead atoms. The quantitative estimate of drug-likeness (QED) is 0.187. The van der Waals surface area contributed by atoms with Crippen LogP contribution in [0.4, 0.5) is 0 Å². The van der Waals surface area contributed by atoms with E-state index in [4.69, 9.17) is 14.7 Å². The molecular formula is C27H33N3O3Si. The second-order valence-electron chi connectivity index (χ2n) is 9.31. The summed E-state index contributed by atoms with van der Waals surface area (Å²) in [5.41, 5.74) is 10.1. The van der Waals surface area contributed by atoms with Crippen molar-refractivity contribution in [2.45, 2.75) is 44.6 Å². The van der Waals surface area contributed by atoms with Crippen molar-refractivity contribution in [1.29, 1.82) is 0 Å². The zero-order valence-electron chi connectivity index (χ0n) is 20.0. The molecule has 0 fully saturated rings. The van der Waals surface area contributed by atoms with E-state index in [2.05, 4.69) is 55.1 Å². The highest BCUT2D eigenvalue weighted by atomic mass is 28.4. The van der Waals surface area contributed by atoms with Gasteiger partial charge in [0.05, 0.1) is 32.0 Å². The molecule has 0 aliphatic heterocycles. The average Bonchev–Trinajstić information content (AvgIpc) is 2.85. The van der Waals surface area contributed by atoms with Gasteiger partial charge in [-0.1, -0.05) is 117 Å². The zero-order chi connectivity index (χ0) is 24.4. The predicted octanol–water partition coefficient (Wildman–Crippen LogP) is 4.82. The first-order chi connectivity index (χ1) is 16.4. The Kier molecular flexibility index (Phi) is 9.04. The number of aliphatic hydroxyl groups excluding tert-OH is 1. The van der Waals surface area contributed by atoms with Gasteiger partial charge in [0.25, 0.3) is 8.32 Å². The normalized spacial score (nSPS) is 13.6. The third-order valence-corrected chi connectivity index (χ3v) is 10.9. The third-order valence-electron chi connectivity index (χ3n) is 5.93. The molecule has 3 aromatic rings. The molecule has 0 aliphatic carbocycles. The van der Waals surface area contributed by atoms with Crippen LogP contribution in [-0.2, 0) is 15.8 Å². The number of rotatable bonds is 11. The van der Waals surface area contributed by atoms with E-state index in [9.17, 15) is 5.11 Å². The monoisotopic (exact) mass is 475 g/mol. The summed E-state index contributed by atoms with van der Waals surface area (Å²) in [7, 11) is -2.80. The Balaban J connectivity index is 1.82. The van der Waals surface area contributed by atoms with Crippen LogP contribution in [0.3, 0.4) is 0 Å². The number of ether oxygens (including phenoxy) is 1. The van der Waals surface area contributed by atoms with E-state index in [1.165, 1.54) is 0 Å². The SMILES string of the molecule is CC(C)(C)[Si](OC[C@@H](O)[C@@H](COCc1ccccc1)N=[N+]=[N-])(c1ccccc1)c1ccccc1. The largest absolute Gasteiger partial charge is 0.405 e. The first kappa shape index (κ1) is 25.7. The number of aliphatic hydroxyl groups is 1. The van der Waals surface area contributed by atoms with Crippen molar-refractivity contribution >= 4 is 18.7 Å². The fourth-order valence-electron chi connectivity index (χ4n) is 4.24. The maximum Gasteiger partial charge on any atom is 0.261 e. The summed E-state index contributed by atoms with van der Waals surface area (Å²) < 4.78 is 12.5. The van der Waals surface area contributed by atoms with Crippen molar-refractivity contribution in [3.05, 3.63) is 107 Å². The van der Waals surface area contributed by atoms with E-state index in [1.807, 2.05) is 66.7 Å². The molecule has 0 amide bonds. The molecule has 0 unspecified atom stereocenters. The van der Waals surface area contributed by atoms with Crippen LogP contribution in [0, 0.1) is 0 Å². The Bertz CT molecular complexity index is 1010. The van der Waals surface area contributed by atoms with Crippen molar-refractivity contribution in [3.8, 4) is 0 Å². The van der Waals surface area contributed by atoms with Crippen molar-refractivity contribution in [2.75, 3.05) is 13.2 Å². The number of azide groups is 1. The lowest BCUT2D eigenvalue weighted by Crippen LogP contribution is -2.67. The van der Waals surface area contributed by atoms with E-state index in [1.54, 1.807) is 0 Å². The second-order valence-corrected chi connectivity index (χ2v) is 13.6. The Morgan fingerprint density at radius 2 is 1.35 bits per heavy atom. The van der Waals surface area contributed by atoms with E-state index >= 15 is 0 Å². The molecule has 34 heavy (non-hydrogen) atoms. The molecule has 0 spiro atoms. The highest BCUT2D eigenvalue weighted by Crippen LogP contribution is 2.36. The molecule has 178 valence electrons. The van der Waals surface area contributed by atoms with E-state index in [-0.39, 0.29) is 18.3 Å². The predicted molar refractivity (Wildman–Crippen MR) is 139 cm³/mol. The van der Waals surface area contributed by atoms with Gasteiger partial charge in [0.1, 0.15) is 0 Å². The lowest BCUT2D eigenvalue weighted by Gasteiger charge is -2.43. The third kappa shape index (κ3) is 6.14. The molecule has 3 aromatic carbocycles. The average molecular weight is 476 g/mol. The molecule has 0 heterocycles. The molecule has 0 saturated heterocycles. The minimum atomic E-state index is -2.80. The highest BCUT2D eigenvalue weighted by Gasteiger charge is 2.50. The summed E-state index contributed by atoms with van der Waals surface area (Å²) in [6, 6.07) is 29.5. The fourth-order valence-corrected chi connectivity index (χ4v) is 8.82. The van der Waals surface area contributed by atoms with Crippen LogP contribution in [0.2, 0.25) is 5.04 Å². The van der Waals surface area contributed by atoms with Gasteiger partial charge >= 0.3 is 0 Å². The van der Waals surface area contributed by atoms with Gasteiger partial charge in [-0.05, 0) is 26.5 Å². The van der Waals surface area contributed by atoms with E-state index in [0.717, 1.165) is 15.9 Å². The lowest BCUT2D eigenvalue weighted by molar-refractivity contribution is 0.0303. The summed E-state index contributed by atoms with van der Waals surface area (Å²) in [6.45, 7) is 7.05. The van der Waals surface area contributed by atoms with Crippen LogP contribution >= 0.6 is 0 Å². The van der Waals surface area contributed by atoms with Crippen molar-refractivity contribution in [1.82, 2.24) is 0 Å². The first-order valence-electron chi connectivity index (χ1n) is 11.5. The fraction of sp³-hybridized carbons (Fsp3) is 0.333. The minimum Gasteiger partial charge on any atom is -0.405 e. The van der Waals surface area contributed by atoms with Crippen molar-refractivity contribution < 1.29 is 14.3 Å². The number of hydrogen-bond acceptors (Lipinski definition) is 4. The molecule has 7 heteroatoms. The molecule has 1 N–H and O–H groups in total. The molecule has 0 saturated carbocycles. The van der Waals surface area contributed by atoms with Crippen LogP contribution in [-0.4, -0.2) is 38.8 Å². The summed E-state index contributed by atoms with van der Waals surface area (Å²) in [6.07, 6.45) is -1.01. The Hall–Kier alpha value is -2.93. The number of nitrogens with zero attached hydrogens (tertiary/aromatic N) is 3. The van der Waals surface area contributed by atoms with Crippen molar-refractivity contribution in [3.63, 3.8) is 0 Å². The smallest absolute Gasteiger partial charge is 0.261 e. The zero-order valence-corrected chi connectivity index (χ0v) is 21.0. The van der Waals surface area contributed by atoms with Gasteiger partial charge in [0.2, 0.25) is 0 Å². The lowest BCUT2D eigenvalue weighted by atomic mass is 10.2. The maximum atomic E-state index is 11.0. The molecule has 3 rings (SSSR count). The van der Waals surface area contributed by atoms with Crippen LogP contribution in [0.25, 0.3) is 10.4 Å². The molecule has 0 aromatic heterocycles. The maximum absolute atomic E-state index is 11.0. The summed E-state index contributed by atoms with van der Waals surface area (Å²) in [5, 5.41) is 16.9. The van der Waals surface area contributed by atoms with Gasteiger partial charge in [0.15, 0.2) is 0 Å². The van der Waals surface area contributed by atoms with Gasteiger partial charge in [0, 0.05) is 4.91 Å². The molecular weight excluding hydrogens is 442 g/mol. The van der Waals surface area contributed by atoms with Crippen LogP contribution in [0.1, 0.15) is 26.3 Å². The van der Waals surface area contributed by atoms with Crippen LogP contribution in [0.15, 0.2) is 96.1 Å². The van der Waals surface area contributed by atoms with Crippen LogP contribution in [0.5, 0.6) is 0 Å². The van der Waals surface area contributed by atoms with Crippen molar-refractivity contribution in [2.24, 2.45) is 5.11 Å². The van der Waals surface area contributed by atoms with Gasteiger partial charge in [-0.25, -0.2) is 0 Å². The number of hydrogen-bond donors (Lipinski definition) is 1. The molecule has 2 atom stereocenters. The molecule has 0 radical (unpaired) electrons. The molecule has 6 nitrogen and oxygen atoms in total. The van der Waals surface area contributed by atoms with Gasteiger partial charge < -0.3 is 14.3 Å². The Morgan fingerprint density at radius 3 is 1.82 bits per heavy atom. The second kappa shape index (κ2) is 12.0. The van der Waals surface area contributed by atoms with Crippen LogP contribution < -0.4 is 10.4 Å². The van der Waals surface area contributed by atoms with E-state index < -0.39 is 20.5 Å². The first-order valence-corrected chi connectivity index (χ1v) is 13.4. The summed E-state index contributed by atoms with van der Waals surface area (Å²) in [4.78, 5) is 2.93. The Labute approximate surface area is 202 Å².